The minimum atomic E-state index is -0.381. The van der Waals surface area contributed by atoms with Crippen molar-refractivity contribution in [2.75, 3.05) is 33.2 Å². The lowest BCUT2D eigenvalue weighted by Gasteiger charge is -2.15. The fourth-order valence-electron chi connectivity index (χ4n) is 3.83. The van der Waals surface area contributed by atoms with Gasteiger partial charge in [-0.05, 0) is 29.7 Å². The van der Waals surface area contributed by atoms with Crippen LogP contribution < -0.4 is 19.5 Å². The SMILES string of the molecule is COc1ccc(C2=C(Nc3cc(OC)cc(OC)c3)C(=O)N(CCc3ccccc3)C2=O)cc1. The van der Waals surface area contributed by atoms with E-state index in [0.29, 0.717) is 40.5 Å². The molecule has 1 aliphatic heterocycles. The van der Waals surface area contributed by atoms with Crippen LogP contribution in [0, 0.1) is 0 Å². The van der Waals surface area contributed by atoms with E-state index in [2.05, 4.69) is 5.32 Å². The molecule has 0 atom stereocenters. The van der Waals surface area contributed by atoms with Crippen molar-refractivity contribution in [1.29, 1.82) is 0 Å². The molecule has 3 aromatic carbocycles. The first-order valence-corrected chi connectivity index (χ1v) is 10.8. The van der Waals surface area contributed by atoms with Crippen molar-refractivity contribution in [3.63, 3.8) is 0 Å². The third-order valence-corrected chi connectivity index (χ3v) is 5.63. The van der Waals surface area contributed by atoms with Gasteiger partial charge in [0.2, 0.25) is 0 Å². The first-order valence-electron chi connectivity index (χ1n) is 10.8. The Kier molecular flexibility index (Phi) is 6.82. The maximum Gasteiger partial charge on any atom is 0.278 e. The van der Waals surface area contributed by atoms with E-state index in [9.17, 15) is 9.59 Å². The van der Waals surface area contributed by atoms with Crippen LogP contribution in [0.15, 0.2) is 78.5 Å². The van der Waals surface area contributed by atoms with Crippen molar-refractivity contribution in [1.82, 2.24) is 4.90 Å². The molecular formula is C27H26N2O5. The normalized spacial score (nSPS) is 13.3. The molecule has 0 spiro atoms. The van der Waals surface area contributed by atoms with E-state index in [1.54, 1.807) is 63.8 Å². The summed E-state index contributed by atoms with van der Waals surface area (Å²) in [4.78, 5) is 28.2. The topological polar surface area (TPSA) is 77.1 Å². The molecule has 174 valence electrons. The summed E-state index contributed by atoms with van der Waals surface area (Å²) >= 11 is 0. The number of nitrogens with zero attached hydrogens (tertiary/aromatic N) is 1. The Morgan fingerprint density at radius 3 is 1.94 bits per heavy atom. The van der Waals surface area contributed by atoms with Gasteiger partial charge in [0.05, 0.1) is 26.9 Å². The molecule has 0 aromatic heterocycles. The van der Waals surface area contributed by atoms with E-state index in [4.69, 9.17) is 14.2 Å². The van der Waals surface area contributed by atoms with Crippen molar-refractivity contribution >= 4 is 23.1 Å². The van der Waals surface area contributed by atoms with Crippen LogP contribution in [0.3, 0.4) is 0 Å². The predicted octanol–water partition coefficient (Wildman–Crippen LogP) is 4.15. The average molecular weight is 459 g/mol. The summed E-state index contributed by atoms with van der Waals surface area (Å²) in [6.07, 6.45) is 0.564. The lowest BCUT2D eigenvalue weighted by atomic mass is 10.0. The summed E-state index contributed by atoms with van der Waals surface area (Å²) in [5, 5.41) is 3.15. The van der Waals surface area contributed by atoms with Crippen LogP contribution in [0.4, 0.5) is 5.69 Å². The number of benzene rings is 3. The van der Waals surface area contributed by atoms with Crippen LogP contribution in [0.1, 0.15) is 11.1 Å². The summed E-state index contributed by atoms with van der Waals surface area (Å²) in [5.41, 5.74) is 2.76. The van der Waals surface area contributed by atoms with Gasteiger partial charge < -0.3 is 19.5 Å². The number of hydrogen-bond acceptors (Lipinski definition) is 6. The molecule has 7 nitrogen and oxygen atoms in total. The van der Waals surface area contributed by atoms with Crippen molar-refractivity contribution in [3.8, 4) is 17.2 Å². The number of nitrogens with one attached hydrogen (secondary N) is 1. The van der Waals surface area contributed by atoms with Gasteiger partial charge in [0.1, 0.15) is 22.9 Å². The second kappa shape index (κ2) is 10.1. The number of carbonyl (C=O) groups is 2. The maximum atomic E-state index is 13.5. The molecule has 2 amide bonds. The zero-order valence-corrected chi connectivity index (χ0v) is 19.3. The molecule has 0 unspecified atom stereocenters. The monoisotopic (exact) mass is 458 g/mol. The zero-order chi connectivity index (χ0) is 24.1. The Morgan fingerprint density at radius 2 is 1.35 bits per heavy atom. The first-order chi connectivity index (χ1) is 16.5. The highest BCUT2D eigenvalue weighted by Gasteiger charge is 2.39. The maximum absolute atomic E-state index is 13.5. The zero-order valence-electron chi connectivity index (χ0n) is 19.3. The van der Waals surface area contributed by atoms with Crippen molar-refractivity contribution < 1.29 is 23.8 Å². The molecule has 0 radical (unpaired) electrons. The van der Waals surface area contributed by atoms with Gasteiger partial charge in [-0.2, -0.15) is 0 Å². The quantitative estimate of drug-likeness (QED) is 0.486. The third kappa shape index (κ3) is 4.73. The Bertz CT molecular complexity index is 1200. The Labute approximate surface area is 198 Å². The van der Waals surface area contributed by atoms with E-state index in [0.717, 1.165) is 5.56 Å². The summed E-state index contributed by atoms with van der Waals surface area (Å²) in [5.74, 6) is 1.06. The minimum Gasteiger partial charge on any atom is -0.497 e. The number of amides is 2. The highest BCUT2D eigenvalue weighted by Crippen LogP contribution is 2.33. The van der Waals surface area contributed by atoms with Gasteiger partial charge in [0, 0.05) is 30.4 Å². The first kappa shape index (κ1) is 22.9. The van der Waals surface area contributed by atoms with Gasteiger partial charge in [-0.3, -0.25) is 14.5 Å². The highest BCUT2D eigenvalue weighted by atomic mass is 16.5. The smallest absolute Gasteiger partial charge is 0.278 e. The van der Waals surface area contributed by atoms with E-state index < -0.39 is 0 Å². The summed E-state index contributed by atoms with van der Waals surface area (Å²) in [7, 11) is 4.68. The van der Waals surface area contributed by atoms with Crippen molar-refractivity contribution in [3.05, 3.63) is 89.6 Å². The largest absolute Gasteiger partial charge is 0.497 e. The third-order valence-electron chi connectivity index (χ3n) is 5.63. The number of hydrogen-bond donors (Lipinski definition) is 1. The second-order valence-electron chi connectivity index (χ2n) is 7.70. The van der Waals surface area contributed by atoms with E-state index >= 15 is 0 Å². The molecule has 3 aromatic rings. The summed E-state index contributed by atoms with van der Waals surface area (Å²) in [6, 6.07) is 22.0. The molecule has 34 heavy (non-hydrogen) atoms. The van der Waals surface area contributed by atoms with Gasteiger partial charge in [0.25, 0.3) is 11.8 Å². The predicted molar refractivity (Wildman–Crippen MR) is 130 cm³/mol. The van der Waals surface area contributed by atoms with Gasteiger partial charge in [-0.25, -0.2) is 0 Å². The molecule has 0 bridgehead atoms. The van der Waals surface area contributed by atoms with Crippen LogP contribution >= 0.6 is 0 Å². The second-order valence-corrected chi connectivity index (χ2v) is 7.70. The minimum absolute atomic E-state index is 0.207. The van der Waals surface area contributed by atoms with Crippen LogP contribution in [-0.2, 0) is 16.0 Å². The highest BCUT2D eigenvalue weighted by molar-refractivity contribution is 6.36. The molecule has 0 saturated heterocycles. The number of carbonyl (C=O) groups excluding carboxylic acids is 2. The lowest BCUT2D eigenvalue weighted by molar-refractivity contribution is -0.136. The lowest BCUT2D eigenvalue weighted by Crippen LogP contribution is -2.34. The Hall–Kier alpha value is -4.26. The summed E-state index contributed by atoms with van der Waals surface area (Å²) in [6.45, 7) is 0.272. The molecule has 4 rings (SSSR count). The Balaban J connectivity index is 1.70. The Morgan fingerprint density at radius 1 is 0.735 bits per heavy atom. The van der Waals surface area contributed by atoms with Crippen molar-refractivity contribution in [2.24, 2.45) is 0 Å². The van der Waals surface area contributed by atoms with E-state index in [1.807, 2.05) is 30.3 Å². The molecule has 7 heteroatoms. The number of rotatable bonds is 9. The fraction of sp³-hybridized carbons (Fsp3) is 0.185. The number of anilines is 1. The van der Waals surface area contributed by atoms with Gasteiger partial charge >= 0.3 is 0 Å². The molecule has 0 saturated carbocycles. The van der Waals surface area contributed by atoms with Gasteiger partial charge in [0.15, 0.2) is 0 Å². The fourth-order valence-corrected chi connectivity index (χ4v) is 3.83. The number of methoxy groups -OCH3 is 3. The molecular weight excluding hydrogens is 432 g/mol. The molecule has 1 N–H and O–H groups in total. The molecule has 1 aliphatic rings. The van der Waals surface area contributed by atoms with Crippen LogP contribution in [0.5, 0.6) is 17.2 Å². The van der Waals surface area contributed by atoms with Crippen LogP contribution in [0.25, 0.3) is 5.57 Å². The van der Waals surface area contributed by atoms with E-state index in [1.165, 1.54) is 4.90 Å². The van der Waals surface area contributed by atoms with E-state index in [-0.39, 0.29) is 24.1 Å². The number of imide groups is 1. The molecule has 0 aliphatic carbocycles. The average Bonchev–Trinajstić information content (AvgIpc) is 3.11. The van der Waals surface area contributed by atoms with Crippen LogP contribution in [0.2, 0.25) is 0 Å². The van der Waals surface area contributed by atoms with Crippen LogP contribution in [-0.4, -0.2) is 44.6 Å². The summed E-state index contributed by atoms with van der Waals surface area (Å²) < 4.78 is 15.9. The molecule has 1 heterocycles. The van der Waals surface area contributed by atoms with Crippen molar-refractivity contribution in [2.45, 2.75) is 6.42 Å². The van der Waals surface area contributed by atoms with Gasteiger partial charge in [-0.1, -0.05) is 42.5 Å². The molecule has 0 fully saturated rings. The standard InChI is InChI=1S/C27H26N2O5/c1-32-21-11-9-19(10-12-21)24-25(28-20-15-22(33-2)17-23(16-20)34-3)27(31)29(26(24)30)14-13-18-7-5-4-6-8-18/h4-12,15-17,28H,13-14H2,1-3H3. The van der Waals surface area contributed by atoms with Gasteiger partial charge in [-0.15, -0.1) is 0 Å². The number of ether oxygens (including phenoxy) is 3.